The number of hydrogen-bond acceptors (Lipinski definition) is 3. The van der Waals surface area contributed by atoms with Crippen molar-refractivity contribution in [3.05, 3.63) is 12.2 Å². The van der Waals surface area contributed by atoms with Crippen LogP contribution in [0.3, 0.4) is 0 Å². The van der Waals surface area contributed by atoms with Gasteiger partial charge in [0.25, 0.3) is 0 Å². The molecule has 0 unspecified atom stereocenters. The highest BCUT2D eigenvalue weighted by Crippen LogP contribution is 1.92. The lowest BCUT2D eigenvalue weighted by Crippen LogP contribution is -2.09. The van der Waals surface area contributed by atoms with E-state index in [1.54, 1.807) is 13.0 Å². The lowest BCUT2D eigenvalue weighted by molar-refractivity contribution is -0.158. The van der Waals surface area contributed by atoms with Crippen molar-refractivity contribution < 1.29 is 14.3 Å². The van der Waals surface area contributed by atoms with Crippen molar-refractivity contribution in [2.24, 2.45) is 0 Å². The zero-order valence-corrected chi connectivity index (χ0v) is 7.50. The van der Waals surface area contributed by atoms with E-state index < -0.39 is 11.9 Å². The van der Waals surface area contributed by atoms with Crippen LogP contribution in [0.5, 0.6) is 0 Å². The minimum atomic E-state index is -0.480. The largest absolute Gasteiger partial charge is 0.393 e. The van der Waals surface area contributed by atoms with Crippen molar-refractivity contribution in [1.82, 2.24) is 0 Å². The zero-order valence-electron chi connectivity index (χ0n) is 7.50. The van der Waals surface area contributed by atoms with Crippen LogP contribution in [-0.4, -0.2) is 11.9 Å². The molecule has 0 aromatic heterocycles. The summed E-state index contributed by atoms with van der Waals surface area (Å²) in [6.45, 7) is 3.62. The van der Waals surface area contributed by atoms with E-state index in [-0.39, 0.29) is 12.8 Å². The Balaban J connectivity index is 3.60. The van der Waals surface area contributed by atoms with Crippen molar-refractivity contribution in [2.75, 3.05) is 0 Å². The monoisotopic (exact) mass is 170 g/mol. The van der Waals surface area contributed by atoms with E-state index in [2.05, 4.69) is 4.74 Å². The van der Waals surface area contributed by atoms with Gasteiger partial charge in [-0.2, -0.15) is 0 Å². The van der Waals surface area contributed by atoms with Gasteiger partial charge in [0.1, 0.15) is 0 Å². The maximum absolute atomic E-state index is 10.8. The fourth-order valence-corrected chi connectivity index (χ4v) is 0.587. The Labute approximate surface area is 72.4 Å². The molecule has 0 spiro atoms. The molecule has 0 atom stereocenters. The van der Waals surface area contributed by atoms with Gasteiger partial charge < -0.3 is 4.74 Å². The molecular weight excluding hydrogens is 156 g/mol. The van der Waals surface area contributed by atoms with Crippen LogP contribution in [0.4, 0.5) is 0 Å². The zero-order chi connectivity index (χ0) is 9.40. The van der Waals surface area contributed by atoms with E-state index in [0.29, 0.717) is 0 Å². The molecule has 0 saturated heterocycles. The van der Waals surface area contributed by atoms with E-state index in [1.165, 1.54) is 0 Å². The number of ether oxygens (including phenoxy) is 1. The molecule has 0 aromatic rings. The Kier molecular flexibility index (Phi) is 5.97. The number of esters is 2. The molecule has 0 aliphatic carbocycles. The van der Waals surface area contributed by atoms with Crippen molar-refractivity contribution >= 4 is 11.9 Å². The third-order valence-corrected chi connectivity index (χ3v) is 1.20. The fourth-order valence-electron chi connectivity index (χ4n) is 0.587. The van der Waals surface area contributed by atoms with Crippen molar-refractivity contribution in [3.63, 3.8) is 0 Å². The highest BCUT2D eigenvalue weighted by Gasteiger charge is 2.04. The molecule has 0 saturated carbocycles. The van der Waals surface area contributed by atoms with E-state index in [4.69, 9.17) is 0 Å². The first kappa shape index (κ1) is 10.9. The molecule has 0 aliphatic rings. The first-order valence-corrected chi connectivity index (χ1v) is 4.09. The van der Waals surface area contributed by atoms with E-state index in [1.807, 2.05) is 13.0 Å². The van der Waals surface area contributed by atoms with Crippen LogP contribution in [0.2, 0.25) is 0 Å². The van der Waals surface area contributed by atoms with Gasteiger partial charge >= 0.3 is 11.9 Å². The molecule has 0 aliphatic heterocycles. The quantitative estimate of drug-likeness (QED) is 0.367. The second-order valence-corrected chi connectivity index (χ2v) is 2.28. The van der Waals surface area contributed by atoms with Crippen LogP contribution >= 0.6 is 0 Å². The predicted octanol–water partition coefficient (Wildman–Crippen LogP) is 1.82. The Morgan fingerprint density at radius 1 is 1.17 bits per heavy atom. The van der Waals surface area contributed by atoms with Crippen LogP contribution in [0.25, 0.3) is 0 Å². The van der Waals surface area contributed by atoms with Gasteiger partial charge in [-0.15, -0.1) is 0 Å². The first-order valence-electron chi connectivity index (χ1n) is 4.09. The molecule has 0 radical (unpaired) electrons. The summed E-state index contributed by atoms with van der Waals surface area (Å²) in [6.07, 6.45) is 4.86. The summed E-state index contributed by atoms with van der Waals surface area (Å²) in [5.41, 5.74) is 0. The molecule has 0 bridgehead atoms. The summed E-state index contributed by atoms with van der Waals surface area (Å²) in [4.78, 5) is 21.4. The lowest BCUT2D eigenvalue weighted by Gasteiger charge is -1.96. The second-order valence-electron chi connectivity index (χ2n) is 2.28. The average Bonchev–Trinajstić information content (AvgIpc) is 2.05. The molecule has 3 nitrogen and oxygen atoms in total. The lowest BCUT2D eigenvalue weighted by atomic mass is 10.3. The summed E-state index contributed by atoms with van der Waals surface area (Å²) >= 11 is 0. The minimum Gasteiger partial charge on any atom is -0.393 e. The van der Waals surface area contributed by atoms with Gasteiger partial charge in [0.15, 0.2) is 0 Å². The van der Waals surface area contributed by atoms with Gasteiger partial charge in [-0.1, -0.05) is 26.0 Å². The molecule has 0 heterocycles. The molecular formula is C9H14O3. The summed E-state index contributed by atoms with van der Waals surface area (Å²) in [6, 6.07) is 0. The van der Waals surface area contributed by atoms with Crippen molar-refractivity contribution in [1.29, 1.82) is 0 Å². The van der Waals surface area contributed by atoms with E-state index >= 15 is 0 Å². The third-order valence-electron chi connectivity index (χ3n) is 1.20. The van der Waals surface area contributed by atoms with Crippen LogP contribution in [0.15, 0.2) is 12.2 Å². The molecule has 12 heavy (non-hydrogen) atoms. The number of hydrogen-bond donors (Lipinski definition) is 0. The Morgan fingerprint density at radius 3 is 2.33 bits per heavy atom. The molecule has 68 valence electrons. The molecule has 0 fully saturated rings. The summed E-state index contributed by atoms with van der Waals surface area (Å²) in [7, 11) is 0. The highest BCUT2D eigenvalue weighted by molar-refractivity contribution is 5.85. The van der Waals surface area contributed by atoms with Crippen LogP contribution in [-0.2, 0) is 14.3 Å². The number of carbonyl (C=O) groups excluding carboxylic acids is 2. The van der Waals surface area contributed by atoms with E-state index in [0.717, 1.165) is 6.42 Å². The van der Waals surface area contributed by atoms with Crippen LogP contribution in [0.1, 0.15) is 33.1 Å². The molecule has 3 heteroatoms. The Bertz CT molecular complexity index is 182. The van der Waals surface area contributed by atoms with E-state index in [9.17, 15) is 9.59 Å². The normalized spacial score (nSPS) is 10.2. The summed E-state index contributed by atoms with van der Waals surface area (Å²) in [5.74, 6) is -0.948. The molecule has 0 amide bonds. The minimum absolute atomic E-state index is 0.180. The molecule has 0 aromatic carbocycles. The maximum Gasteiger partial charge on any atom is 0.317 e. The standard InChI is InChI=1S/C9H14O3/c1-3-5-6-7-9(11)12-8(10)4-2/h5-6H,3-4,7H2,1-2H3. The third kappa shape index (κ3) is 5.65. The Hall–Kier alpha value is -1.12. The summed E-state index contributed by atoms with van der Waals surface area (Å²) in [5, 5.41) is 0. The van der Waals surface area contributed by atoms with Gasteiger partial charge in [-0.25, -0.2) is 0 Å². The summed E-state index contributed by atoms with van der Waals surface area (Å²) < 4.78 is 4.42. The van der Waals surface area contributed by atoms with Crippen molar-refractivity contribution in [3.8, 4) is 0 Å². The number of allylic oxidation sites excluding steroid dienone is 1. The number of carbonyl (C=O) groups is 2. The van der Waals surface area contributed by atoms with Gasteiger partial charge in [0, 0.05) is 6.42 Å². The number of rotatable bonds is 4. The van der Waals surface area contributed by atoms with Gasteiger partial charge in [-0.05, 0) is 6.42 Å². The predicted molar refractivity (Wildman–Crippen MR) is 45.4 cm³/mol. The average molecular weight is 170 g/mol. The molecule has 0 N–H and O–H groups in total. The fraction of sp³-hybridized carbons (Fsp3) is 0.556. The Morgan fingerprint density at radius 2 is 1.83 bits per heavy atom. The van der Waals surface area contributed by atoms with Gasteiger partial charge in [0.05, 0.1) is 6.42 Å². The maximum atomic E-state index is 10.8. The van der Waals surface area contributed by atoms with Crippen LogP contribution < -0.4 is 0 Å². The highest BCUT2D eigenvalue weighted by atomic mass is 16.6. The SMILES string of the molecule is CCC=CCC(=O)OC(=O)CC. The topological polar surface area (TPSA) is 43.4 Å². The second kappa shape index (κ2) is 6.58. The first-order chi connectivity index (χ1) is 5.70. The van der Waals surface area contributed by atoms with Gasteiger partial charge in [-0.3, -0.25) is 9.59 Å². The molecule has 0 rings (SSSR count). The van der Waals surface area contributed by atoms with Crippen molar-refractivity contribution in [2.45, 2.75) is 33.1 Å². The van der Waals surface area contributed by atoms with Crippen LogP contribution in [0, 0.1) is 0 Å². The smallest absolute Gasteiger partial charge is 0.317 e. The van der Waals surface area contributed by atoms with Gasteiger partial charge in [0.2, 0.25) is 0 Å².